The lowest BCUT2D eigenvalue weighted by Gasteiger charge is -2.28. The van der Waals surface area contributed by atoms with E-state index in [4.69, 9.17) is 0 Å². The fraction of sp³-hybridized carbons (Fsp3) is 0.448. The number of ketones is 1. The number of rotatable bonds is 0. The van der Waals surface area contributed by atoms with E-state index in [0.29, 0.717) is 12.1 Å². The number of alkyl halides is 3. The molecule has 9 aromatic rings. The third-order valence-corrected chi connectivity index (χ3v) is 14.5. The molecular weight excluding hydrogens is 1000 g/mol. The van der Waals surface area contributed by atoms with Crippen LogP contribution < -0.4 is 5.32 Å². The van der Waals surface area contributed by atoms with Gasteiger partial charge in [0.2, 0.25) is 0 Å². The summed E-state index contributed by atoms with van der Waals surface area (Å²) in [4.78, 5) is 19.9. The zero-order chi connectivity index (χ0) is 60.1. The maximum atomic E-state index is 11.9. The molecule has 0 radical (unpaired) electrons. The smallest absolute Gasteiger partial charge is 0.353 e. The minimum Gasteiger partial charge on any atom is -0.353 e. The van der Waals surface area contributed by atoms with Crippen molar-refractivity contribution >= 4 is 44.6 Å². The van der Waals surface area contributed by atoms with E-state index in [1.165, 1.54) is 56.5 Å². The van der Waals surface area contributed by atoms with Gasteiger partial charge in [-0.2, -0.15) is 23.4 Å². The first-order valence-corrected chi connectivity index (χ1v) is 27.5. The van der Waals surface area contributed by atoms with Gasteiger partial charge >= 0.3 is 6.18 Å². The number of carbonyl (C=O) groups is 1. The molecule has 1 aliphatic rings. The number of nitrogens with zero attached hydrogens (tertiary/aromatic N) is 8. The average Bonchev–Trinajstić information content (AvgIpc) is 4.17. The number of nitrogens with one attached hydrogen (secondary N) is 1. The highest BCUT2D eigenvalue weighted by atomic mass is 19.4. The lowest BCUT2D eigenvalue weighted by atomic mass is 9.82. The van der Waals surface area contributed by atoms with E-state index in [9.17, 15) is 18.0 Å². The summed E-state index contributed by atoms with van der Waals surface area (Å²) < 4.78 is 43.7. The first kappa shape index (κ1) is 63.8. The number of imidazole rings is 2. The van der Waals surface area contributed by atoms with Crippen molar-refractivity contribution < 1.29 is 18.0 Å². The molecule has 0 spiro atoms. The summed E-state index contributed by atoms with van der Waals surface area (Å²) in [6.45, 7) is 42.9. The van der Waals surface area contributed by atoms with Crippen molar-refractivity contribution in [1.82, 2.24) is 38.3 Å². The molecule has 0 aliphatic carbocycles. The molecule has 0 fully saturated rings. The Bertz CT molecular complexity index is 3430. The van der Waals surface area contributed by atoms with Crippen LogP contribution in [0.1, 0.15) is 165 Å². The van der Waals surface area contributed by atoms with Gasteiger partial charge in [0.15, 0.2) is 5.78 Å². The van der Waals surface area contributed by atoms with Crippen LogP contribution in [0.25, 0.3) is 33.1 Å². The highest BCUT2D eigenvalue weighted by molar-refractivity contribution is 6.02. The minimum absolute atomic E-state index is 0.0796. The van der Waals surface area contributed by atoms with Crippen LogP contribution in [0.4, 0.5) is 18.9 Å². The Hall–Kier alpha value is -7.02. The molecule has 0 saturated heterocycles. The number of hydrogen-bond acceptors (Lipinski definition) is 6. The van der Waals surface area contributed by atoms with Gasteiger partial charge in [-0.05, 0) is 108 Å². The molecule has 6 aromatic heterocycles. The molecule has 0 amide bonds. The van der Waals surface area contributed by atoms with E-state index in [-0.39, 0.29) is 32.9 Å². The summed E-state index contributed by atoms with van der Waals surface area (Å²) in [5.41, 5.74) is 13.9. The highest BCUT2D eigenvalue weighted by Gasteiger charge is 2.43. The van der Waals surface area contributed by atoms with Crippen molar-refractivity contribution in [2.75, 3.05) is 5.32 Å². The predicted octanol–water partition coefficient (Wildman–Crippen LogP) is 17.3. The first-order chi connectivity index (χ1) is 36.6. The number of allylic oxidation sites excluding steroid dienone is 1. The van der Waals surface area contributed by atoms with E-state index >= 15 is 0 Å². The van der Waals surface area contributed by atoms with Gasteiger partial charge in [-0.3, -0.25) is 14.2 Å². The zero-order valence-electron chi connectivity index (χ0n) is 51.7. The van der Waals surface area contributed by atoms with Gasteiger partial charge in [-0.15, -0.1) is 0 Å². The van der Waals surface area contributed by atoms with E-state index < -0.39 is 17.5 Å². The number of Topliss-reactive ketones (excluding diaryl/α,β-unsaturated/α-hetero) is 1. The maximum Gasteiger partial charge on any atom is 0.392 e. The molecule has 0 saturated carbocycles. The standard InChI is InChI=1S/C14H17NO.2C12H16N2.2C11H14N2.C7H13F3/c1-9-13(16)7-10-5-6-11(14(2,3)4)8-12(10)15-9;1-12(2,3)10-5-6-11-9(7-10)8-13-14(11)4;1-12(2,3)10-6-5-9-8-13-14(4)11(9)7-10;1-11(2,3)9-4-6-13-7-5-12-10(13)8-9;1-11(2,3)9-4-5-10-12-6-7-13(10)8-9;1-5(6(2,3)4)7(8,9)10/h5-6,8,15H,1,7H2,2-4H3;2*5-8H,1-4H3;2*4-8H,1-3H3;5H,1-4H3/t;;;;;5-/m.....1/s1. The lowest BCUT2D eigenvalue weighted by Crippen LogP contribution is -2.31. The monoisotopic (exact) mass is 1090 g/mol. The van der Waals surface area contributed by atoms with Crippen LogP contribution in [-0.4, -0.2) is 50.3 Å². The maximum absolute atomic E-state index is 11.9. The molecule has 80 heavy (non-hydrogen) atoms. The fourth-order valence-electron chi connectivity index (χ4n) is 8.30. The molecule has 1 atom stereocenters. The number of pyridine rings is 2. The topological polar surface area (TPSA) is 99.3 Å². The Morgan fingerprint density at radius 1 is 0.525 bits per heavy atom. The number of carbonyl (C=O) groups excluding carboxylic acids is 1. The van der Waals surface area contributed by atoms with Gasteiger partial charge in [-0.1, -0.05) is 175 Å². The summed E-state index contributed by atoms with van der Waals surface area (Å²) >= 11 is 0. The normalized spacial score (nSPS) is 13.6. The highest BCUT2D eigenvalue weighted by Crippen LogP contribution is 2.39. The van der Waals surface area contributed by atoms with Crippen LogP contribution in [-0.2, 0) is 52.4 Å². The second kappa shape index (κ2) is 24.4. The molecule has 0 bridgehead atoms. The van der Waals surface area contributed by atoms with Crippen molar-refractivity contribution in [2.45, 2.75) is 171 Å². The van der Waals surface area contributed by atoms with Gasteiger partial charge in [0.05, 0.1) is 35.0 Å². The second-order valence-corrected chi connectivity index (χ2v) is 27.3. The SMILES string of the molecule is C=C1Nc2cc(C(C)(C)C)ccc2CC1=O.CC(C)(C)c1ccc2nccn2c1.CC(C)(C)c1ccn2ccnc2c1.C[C@H](C(C)(C)C)C(F)(F)F.Cn1ncc2cc(C(C)(C)C)ccc21.Cn1ncc2ccc(C(C)(C)C)cc21. The summed E-state index contributed by atoms with van der Waals surface area (Å²) in [5.74, 6) is -1.16. The Morgan fingerprint density at radius 2 is 1.00 bits per heavy atom. The molecule has 10 rings (SSSR count). The van der Waals surface area contributed by atoms with E-state index in [1.54, 1.807) is 20.8 Å². The molecule has 1 N–H and O–H groups in total. The van der Waals surface area contributed by atoms with Crippen molar-refractivity contribution in [1.29, 1.82) is 0 Å². The Morgan fingerprint density at radius 3 is 1.55 bits per heavy atom. The zero-order valence-corrected chi connectivity index (χ0v) is 51.7. The van der Waals surface area contributed by atoms with Gasteiger partial charge < -0.3 is 14.1 Å². The largest absolute Gasteiger partial charge is 0.392 e. The fourth-order valence-corrected chi connectivity index (χ4v) is 8.30. The van der Waals surface area contributed by atoms with Crippen LogP contribution in [0.15, 0.2) is 141 Å². The molecular formula is C67H90F3N9O. The Labute approximate surface area is 474 Å². The van der Waals surface area contributed by atoms with Gasteiger partial charge in [0.25, 0.3) is 0 Å². The Kier molecular flexibility index (Phi) is 19.4. The third-order valence-electron chi connectivity index (χ3n) is 14.5. The van der Waals surface area contributed by atoms with Gasteiger partial charge in [0, 0.05) is 74.2 Å². The number of benzene rings is 3. The van der Waals surface area contributed by atoms with Crippen LogP contribution >= 0.6 is 0 Å². The summed E-state index contributed by atoms with van der Waals surface area (Å²) in [6, 6.07) is 27.8. The molecule has 430 valence electrons. The number of fused-ring (bicyclic) bond motifs is 5. The first-order valence-electron chi connectivity index (χ1n) is 27.5. The molecule has 3 aromatic carbocycles. The van der Waals surface area contributed by atoms with Crippen molar-refractivity contribution in [2.24, 2.45) is 25.4 Å². The second-order valence-electron chi connectivity index (χ2n) is 27.3. The third kappa shape index (κ3) is 17.2. The summed E-state index contributed by atoms with van der Waals surface area (Å²) in [7, 11) is 3.95. The minimum atomic E-state index is -4.06. The summed E-state index contributed by atoms with van der Waals surface area (Å²) in [6.07, 6.45) is 12.0. The van der Waals surface area contributed by atoms with Crippen LogP contribution in [0, 0.1) is 11.3 Å². The molecule has 7 heterocycles. The predicted molar refractivity (Wildman–Crippen MR) is 328 cm³/mol. The van der Waals surface area contributed by atoms with E-state index in [2.05, 4.69) is 226 Å². The van der Waals surface area contributed by atoms with Crippen molar-refractivity contribution in [3.8, 4) is 0 Å². The van der Waals surface area contributed by atoms with Crippen molar-refractivity contribution in [3.63, 3.8) is 0 Å². The van der Waals surface area contributed by atoms with E-state index in [0.717, 1.165) is 22.5 Å². The van der Waals surface area contributed by atoms with E-state index in [1.807, 2.05) is 71.1 Å². The number of aryl methyl sites for hydroxylation is 2. The molecule has 0 unspecified atom stereocenters. The average molecular weight is 1090 g/mol. The Balaban J connectivity index is 0.000000177. The molecule has 13 heteroatoms. The number of anilines is 1. The molecule has 10 nitrogen and oxygen atoms in total. The lowest BCUT2D eigenvalue weighted by molar-refractivity contribution is -0.194. The summed E-state index contributed by atoms with van der Waals surface area (Å²) in [5, 5.41) is 14.0. The van der Waals surface area contributed by atoms with Gasteiger partial charge in [-0.25, -0.2) is 9.97 Å². The molecule has 1 aliphatic heterocycles. The van der Waals surface area contributed by atoms with Gasteiger partial charge in [0.1, 0.15) is 11.3 Å². The van der Waals surface area contributed by atoms with Crippen LogP contribution in [0.5, 0.6) is 0 Å². The van der Waals surface area contributed by atoms with Crippen molar-refractivity contribution in [3.05, 3.63) is 174 Å². The van der Waals surface area contributed by atoms with Crippen LogP contribution in [0.3, 0.4) is 0 Å². The number of hydrogen-bond donors (Lipinski definition) is 1. The number of halogens is 3. The van der Waals surface area contributed by atoms with Crippen LogP contribution in [0.2, 0.25) is 0 Å². The number of aromatic nitrogens is 8. The quantitative estimate of drug-likeness (QED) is 0.152.